The molecule has 0 radical (unpaired) electrons. The van der Waals surface area contributed by atoms with Crippen LogP contribution >= 0.6 is 11.3 Å². The molecular formula is C30H40N4O6S2. The van der Waals surface area contributed by atoms with Crippen LogP contribution in [0.5, 0.6) is 0 Å². The normalized spacial score (nSPS) is 12.4. The molecule has 0 bridgehead atoms. The van der Waals surface area contributed by atoms with E-state index in [4.69, 9.17) is 4.74 Å². The van der Waals surface area contributed by atoms with Crippen LogP contribution in [-0.4, -0.2) is 52.0 Å². The summed E-state index contributed by atoms with van der Waals surface area (Å²) in [6, 6.07) is 12.7. The minimum atomic E-state index is -4.00. The number of carbonyl (C=O) groups excluding carboxylic acids is 1. The van der Waals surface area contributed by atoms with E-state index in [-0.39, 0.29) is 28.7 Å². The van der Waals surface area contributed by atoms with Crippen molar-refractivity contribution in [2.24, 2.45) is 0 Å². The summed E-state index contributed by atoms with van der Waals surface area (Å²) in [6.07, 6.45) is 3.86. The molecule has 1 N–H and O–H groups in total. The van der Waals surface area contributed by atoms with Crippen molar-refractivity contribution in [1.82, 2.24) is 14.3 Å². The van der Waals surface area contributed by atoms with Crippen molar-refractivity contribution in [2.45, 2.75) is 89.3 Å². The van der Waals surface area contributed by atoms with Crippen molar-refractivity contribution >= 4 is 39.2 Å². The summed E-state index contributed by atoms with van der Waals surface area (Å²) in [6.45, 7) is 10.9. The number of ether oxygens (including phenoxy) is 1. The highest BCUT2D eigenvalue weighted by molar-refractivity contribution is 7.91. The summed E-state index contributed by atoms with van der Waals surface area (Å²) < 4.78 is 33.9. The van der Waals surface area contributed by atoms with Crippen LogP contribution < -0.4 is 4.90 Å². The Morgan fingerprint density at radius 2 is 1.71 bits per heavy atom. The lowest BCUT2D eigenvalue weighted by Crippen LogP contribution is -2.40. The number of rotatable bonds is 13. The first-order valence-electron chi connectivity index (χ1n) is 13.8. The number of nitrogens with zero attached hydrogens (tertiary/aromatic N) is 4. The third kappa shape index (κ3) is 9.07. The molecule has 0 aliphatic heterocycles. The average molecular weight is 617 g/mol. The standard InChI is InChI=1S/C30H40N4O6S2/c1-7-8-16-30(5,6)23-14-12-22(13-15-23)19-33(42(38,39)27-31-17-18-41-27)20-24-10-9-11-25(32-24)34(21-26(35)36)28(37)40-29(2,3)4/h9-15,17-18H,7-8,16,19-21H2,1-6H3,(H,35,36). The Balaban J connectivity index is 1.94. The van der Waals surface area contributed by atoms with Crippen LogP contribution in [0.25, 0.3) is 0 Å². The fraction of sp³-hybridized carbons (Fsp3) is 0.467. The lowest BCUT2D eigenvalue weighted by molar-refractivity contribution is -0.135. The van der Waals surface area contributed by atoms with Crippen LogP contribution in [0.15, 0.2) is 58.4 Å². The zero-order chi connectivity index (χ0) is 31.1. The second kappa shape index (κ2) is 13.7. The van der Waals surface area contributed by atoms with Crippen molar-refractivity contribution in [3.63, 3.8) is 0 Å². The molecule has 12 heteroatoms. The van der Waals surface area contributed by atoms with Gasteiger partial charge in [0.1, 0.15) is 18.0 Å². The molecular weight excluding hydrogens is 576 g/mol. The summed E-state index contributed by atoms with van der Waals surface area (Å²) in [4.78, 5) is 33.8. The van der Waals surface area contributed by atoms with E-state index in [0.717, 1.165) is 41.1 Å². The molecule has 0 fully saturated rings. The summed E-state index contributed by atoms with van der Waals surface area (Å²) in [5.41, 5.74) is 1.45. The van der Waals surface area contributed by atoms with Gasteiger partial charge in [-0.1, -0.05) is 63.9 Å². The fourth-order valence-electron chi connectivity index (χ4n) is 4.28. The first-order chi connectivity index (χ1) is 19.6. The Morgan fingerprint density at radius 1 is 1.02 bits per heavy atom. The second-order valence-corrected chi connectivity index (χ2v) is 14.7. The Hall–Kier alpha value is -3.35. The van der Waals surface area contributed by atoms with Gasteiger partial charge in [-0.25, -0.2) is 23.2 Å². The Labute approximate surface area is 252 Å². The molecule has 0 atom stereocenters. The predicted molar refractivity (Wildman–Crippen MR) is 163 cm³/mol. The van der Waals surface area contributed by atoms with Gasteiger partial charge in [-0.05, 0) is 55.9 Å². The average Bonchev–Trinajstić information content (AvgIpc) is 3.46. The number of carboxylic acids is 1. The fourth-order valence-corrected chi connectivity index (χ4v) is 6.64. The highest BCUT2D eigenvalue weighted by atomic mass is 32.2. The molecule has 0 saturated carbocycles. The smallest absolute Gasteiger partial charge is 0.416 e. The van der Waals surface area contributed by atoms with Gasteiger partial charge < -0.3 is 9.84 Å². The van der Waals surface area contributed by atoms with Crippen LogP contribution in [-0.2, 0) is 38.1 Å². The zero-order valence-electron chi connectivity index (χ0n) is 25.0. The van der Waals surface area contributed by atoms with Gasteiger partial charge in [0.15, 0.2) is 0 Å². The first-order valence-corrected chi connectivity index (χ1v) is 16.1. The molecule has 3 rings (SSSR count). The van der Waals surface area contributed by atoms with Crippen molar-refractivity contribution < 1.29 is 27.9 Å². The van der Waals surface area contributed by atoms with Gasteiger partial charge >= 0.3 is 12.1 Å². The van der Waals surface area contributed by atoms with Crippen molar-refractivity contribution in [3.8, 4) is 0 Å². The number of carbonyl (C=O) groups is 2. The third-order valence-electron chi connectivity index (χ3n) is 6.53. The number of unbranched alkanes of at least 4 members (excludes halogenated alkanes) is 1. The van der Waals surface area contributed by atoms with E-state index in [1.807, 2.05) is 24.3 Å². The van der Waals surface area contributed by atoms with Gasteiger partial charge in [-0.3, -0.25) is 9.69 Å². The number of anilines is 1. The number of sulfonamides is 1. The highest BCUT2D eigenvalue weighted by Gasteiger charge is 2.30. The SMILES string of the molecule is CCCCC(C)(C)c1ccc(CN(Cc2cccc(N(CC(=O)O)C(=O)OC(C)(C)C)n2)S(=O)(=O)c2nccs2)cc1. The van der Waals surface area contributed by atoms with E-state index in [1.54, 1.807) is 38.3 Å². The largest absolute Gasteiger partial charge is 0.480 e. The highest BCUT2D eigenvalue weighted by Crippen LogP contribution is 2.30. The number of pyridine rings is 1. The summed E-state index contributed by atoms with van der Waals surface area (Å²) >= 11 is 1.02. The lowest BCUT2D eigenvalue weighted by Gasteiger charge is -2.27. The maximum Gasteiger partial charge on any atom is 0.416 e. The van der Waals surface area contributed by atoms with Crippen molar-refractivity contribution in [1.29, 1.82) is 0 Å². The molecule has 3 aromatic rings. The molecule has 0 aliphatic rings. The Morgan fingerprint density at radius 3 is 2.29 bits per heavy atom. The van der Waals surface area contributed by atoms with E-state index in [0.29, 0.717) is 5.69 Å². The number of benzene rings is 1. The Kier molecular flexibility index (Phi) is 10.9. The van der Waals surface area contributed by atoms with Gasteiger partial charge in [0.25, 0.3) is 10.0 Å². The van der Waals surface area contributed by atoms with Crippen LogP contribution in [0, 0.1) is 0 Å². The quantitative estimate of drug-likeness (QED) is 0.239. The first kappa shape index (κ1) is 33.2. The molecule has 228 valence electrons. The topological polar surface area (TPSA) is 130 Å². The van der Waals surface area contributed by atoms with Gasteiger partial charge in [-0.15, -0.1) is 11.3 Å². The number of hydrogen-bond acceptors (Lipinski definition) is 8. The summed E-state index contributed by atoms with van der Waals surface area (Å²) in [7, 11) is -4.00. The predicted octanol–water partition coefficient (Wildman–Crippen LogP) is 6.22. The minimum absolute atomic E-state index is 0.00150. The van der Waals surface area contributed by atoms with Gasteiger partial charge in [-0.2, -0.15) is 4.31 Å². The van der Waals surface area contributed by atoms with E-state index >= 15 is 0 Å². The molecule has 1 aromatic carbocycles. The summed E-state index contributed by atoms with van der Waals surface area (Å²) in [5, 5.41) is 11.0. The van der Waals surface area contributed by atoms with Crippen molar-refractivity contribution in [3.05, 3.63) is 70.9 Å². The molecule has 0 aliphatic carbocycles. The maximum atomic E-state index is 13.7. The molecule has 0 unspecified atom stereocenters. The number of thiazole rings is 1. The van der Waals surface area contributed by atoms with Crippen LogP contribution in [0.4, 0.5) is 10.6 Å². The Bertz CT molecular complexity index is 1450. The van der Waals surface area contributed by atoms with Crippen LogP contribution in [0.1, 0.15) is 77.6 Å². The molecule has 2 heterocycles. The molecule has 10 nitrogen and oxygen atoms in total. The lowest BCUT2D eigenvalue weighted by atomic mass is 9.80. The van der Waals surface area contributed by atoms with Gasteiger partial charge in [0, 0.05) is 18.1 Å². The minimum Gasteiger partial charge on any atom is -0.480 e. The number of aromatic nitrogens is 2. The van der Waals surface area contributed by atoms with Crippen LogP contribution in [0.2, 0.25) is 0 Å². The maximum absolute atomic E-state index is 13.7. The molecule has 0 saturated heterocycles. The van der Waals surface area contributed by atoms with E-state index < -0.39 is 34.2 Å². The van der Waals surface area contributed by atoms with Gasteiger partial charge in [0.2, 0.25) is 4.34 Å². The number of carboxylic acid groups (broad SMARTS) is 1. The number of amides is 1. The van der Waals surface area contributed by atoms with Crippen LogP contribution in [0.3, 0.4) is 0 Å². The summed E-state index contributed by atoms with van der Waals surface area (Å²) in [5.74, 6) is -1.21. The third-order valence-corrected chi connectivity index (χ3v) is 9.50. The van der Waals surface area contributed by atoms with Crippen molar-refractivity contribution in [2.75, 3.05) is 11.4 Å². The monoisotopic (exact) mass is 616 g/mol. The zero-order valence-corrected chi connectivity index (χ0v) is 26.7. The number of aliphatic carboxylic acids is 1. The van der Waals surface area contributed by atoms with E-state index in [1.165, 1.54) is 22.1 Å². The molecule has 1 amide bonds. The van der Waals surface area contributed by atoms with E-state index in [2.05, 4.69) is 30.7 Å². The molecule has 2 aromatic heterocycles. The van der Waals surface area contributed by atoms with Gasteiger partial charge in [0.05, 0.1) is 12.2 Å². The molecule has 0 spiro atoms. The van der Waals surface area contributed by atoms with E-state index in [9.17, 15) is 23.1 Å². The number of hydrogen-bond donors (Lipinski definition) is 1. The molecule has 42 heavy (non-hydrogen) atoms. The second-order valence-electron chi connectivity index (χ2n) is 11.7.